The molecular formula is C17H24FNO. The van der Waals surface area contributed by atoms with Gasteiger partial charge in [0.05, 0.1) is 5.54 Å². The molecular weight excluding hydrogens is 253 g/mol. The molecule has 0 spiro atoms. The molecule has 20 heavy (non-hydrogen) atoms. The highest BCUT2D eigenvalue weighted by atomic mass is 19.1. The maximum Gasteiger partial charge on any atom is 0.129 e. The van der Waals surface area contributed by atoms with E-state index in [2.05, 4.69) is 4.90 Å². The Morgan fingerprint density at radius 3 is 2.45 bits per heavy atom. The summed E-state index contributed by atoms with van der Waals surface area (Å²) >= 11 is 0. The van der Waals surface area contributed by atoms with Crippen LogP contribution in [0.25, 0.3) is 0 Å². The molecule has 0 radical (unpaired) electrons. The molecule has 1 aliphatic carbocycles. The highest BCUT2D eigenvalue weighted by molar-refractivity contribution is 5.29. The Kier molecular flexibility index (Phi) is 3.83. The largest absolute Gasteiger partial charge is 0.386 e. The van der Waals surface area contributed by atoms with Gasteiger partial charge in [-0.15, -0.1) is 0 Å². The zero-order chi connectivity index (χ0) is 14.2. The number of aliphatic hydroxyl groups excluding tert-OH is 1. The second-order valence-corrected chi connectivity index (χ2v) is 6.43. The van der Waals surface area contributed by atoms with Gasteiger partial charge in [-0.05, 0) is 51.8 Å². The number of rotatable bonds is 3. The van der Waals surface area contributed by atoms with Crippen LogP contribution in [-0.4, -0.2) is 28.6 Å². The summed E-state index contributed by atoms with van der Waals surface area (Å²) in [5, 5.41) is 11.0. The second-order valence-electron chi connectivity index (χ2n) is 6.43. The minimum atomic E-state index is -0.706. The minimum absolute atomic E-state index is 0.231. The lowest BCUT2D eigenvalue weighted by molar-refractivity contribution is -0.0213. The fraction of sp³-hybridized carbons (Fsp3) is 0.647. The first-order chi connectivity index (χ1) is 9.63. The molecule has 1 aromatic carbocycles. The van der Waals surface area contributed by atoms with Crippen molar-refractivity contribution in [2.45, 2.75) is 57.1 Å². The molecule has 1 saturated carbocycles. The molecule has 1 aromatic rings. The van der Waals surface area contributed by atoms with Crippen molar-refractivity contribution in [3.8, 4) is 0 Å². The number of aliphatic hydroxyl groups is 1. The first kappa shape index (κ1) is 14.0. The molecule has 1 saturated heterocycles. The molecule has 2 nitrogen and oxygen atoms in total. The lowest BCUT2D eigenvalue weighted by Gasteiger charge is -2.43. The molecule has 2 aliphatic rings. The number of hydrogen-bond acceptors (Lipinski definition) is 2. The quantitative estimate of drug-likeness (QED) is 0.913. The van der Waals surface area contributed by atoms with Gasteiger partial charge in [-0.1, -0.05) is 30.5 Å². The Balaban J connectivity index is 1.96. The smallest absolute Gasteiger partial charge is 0.129 e. The highest BCUT2D eigenvalue weighted by Gasteiger charge is 2.47. The van der Waals surface area contributed by atoms with Gasteiger partial charge in [0, 0.05) is 5.56 Å². The van der Waals surface area contributed by atoms with Crippen LogP contribution in [0.2, 0.25) is 0 Å². The highest BCUT2D eigenvalue weighted by Crippen LogP contribution is 2.46. The molecule has 1 N–H and O–H groups in total. The number of hydrogen-bond donors (Lipinski definition) is 1. The van der Waals surface area contributed by atoms with Crippen LogP contribution in [0.1, 0.15) is 55.8 Å². The van der Waals surface area contributed by atoms with E-state index in [1.807, 2.05) is 13.0 Å². The van der Waals surface area contributed by atoms with Crippen molar-refractivity contribution in [3.63, 3.8) is 0 Å². The van der Waals surface area contributed by atoms with E-state index in [4.69, 9.17) is 0 Å². The van der Waals surface area contributed by atoms with E-state index in [9.17, 15) is 9.50 Å². The van der Waals surface area contributed by atoms with Crippen molar-refractivity contribution >= 4 is 0 Å². The summed E-state index contributed by atoms with van der Waals surface area (Å²) in [7, 11) is 0. The Labute approximate surface area is 120 Å². The van der Waals surface area contributed by atoms with Gasteiger partial charge >= 0.3 is 0 Å². The van der Waals surface area contributed by atoms with Gasteiger partial charge in [0.2, 0.25) is 0 Å². The predicted octanol–water partition coefficient (Wildman–Crippen LogP) is 3.58. The van der Waals surface area contributed by atoms with Gasteiger partial charge in [0.15, 0.2) is 0 Å². The van der Waals surface area contributed by atoms with E-state index in [-0.39, 0.29) is 11.4 Å². The van der Waals surface area contributed by atoms with Crippen LogP contribution in [0.15, 0.2) is 18.2 Å². The van der Waals surface area contributed by atoms with E-state index in [1.54, 1.807) is 6.07 Å². The summed E-state index contributed by atoms with van der Waals surface area (Å²) in [6, 6.07) is 5.07. The normalized spacial score (nSPS) is 24.1. The van der Waals surface area contributed by atoms with Gasteiger partial charge in [0.25, 0.3) is 0 Å². The van der Waals surface area contributed by atoms with Crippen LogP contribution in [0, 0.1) is 12.7 Å². The average Bonchev–Trinajstić information content (AvgIpc) is 3.11. The number of nitrogens with zero attached hydrogens (tertiary/aromatic N) is 1. The first-order valence-electron chi connectivity index (χ1n) is 7.83. The standard InChI is InChI=1S/C17H24FNO/c1-13-6-7-15(18)14(12-13)16(20)17(8-2-3-9-17)19-10-4-5-11-19/h6-7,12,16,20H,2-5,8-11H2,1H3. The molecule has 0 aromatic heterocycles. The van der Waals surface area contributed by atoms with Crippen molar-refractivity contribution in [3.05, 3.63) is 35.1 Å². The van der Waals surface area contributed by atoms with Gasteiger partial charge in [-0.2, -0.15) is 0 Å². The number of likely N-dealkylation sites (tertiary alicyclic amines) is 1. The first-order valence-corrected chi connectivity index (χ1v) is 7.83. The van der Waals surface area contributed by atoms with Crippen LogP contribution in [0.4, 0.5) is 4.39 Å². The molecule has 2 fully saturated rings. The number of halogens is 1. The molecule has 1 heterocycles. The molecule has 1 aliphatic heterocycles. The van der Waals surface area contributed by atoms with Crippen LogP contribution < -0.4 is 0 Å². The SMILES string of the molecule is Cc1ccc(F)c(C(O)C2(N3CCCC3)CCCC2)c1. The summed E-state index contributed by atoms with van der Waals surface area (Å²) in [4.78, 5) is 2.42. The molecule has 1 atom stereocenters. The maximum atomic E-state index is 14.2. The zero-order valence-electron chi connectivity index (χ0n) is 12.2. The monoisotopic (exact) mass is 277 g/mol. The summed E-state index contributed by atoms with van der Waals surface area (Å²) < 4.78 is 14.2. The maximum absolute atomic E-state index is 14.2. The van der Waals surface area contributed by atoms with E-state index in [0.717, 1.165) is 44.3 Å². The Morgan fingerprint density at radius 1 is 1.15 bits per heavy atom. The van der Waals surface area contributed by atoms with Gasteiger partial charge in [0.1, 0.15) is 11.9 Å². The summed E-state index contributed by atoms with van der Waals surface area (Å²) in [6.07, 6.45) is 5.95. The van der Waals surface area contributed by atoms with Crippen molar-refractivity contribution in [2.75, 3.05) is 13.1 Å². The average molecular weight is 277 g/mol. The van der Waals surface area contributed by atoms with E-state index < -0.39 is 6.10 Å². The number of aryl methyl sites for hydroxylation is 1. The van der Waals surface area contributed by atoms with Crippen molar-refractivity contribution < 1.29 is 9.50 Å². The fourth-order valence-electron chi connectivity index (χ4n) is 4.07. The third-order valence-corrected chi connectivity index (χ3v) is 5.16. The van der Waals surface area contributed by atoms with E-state index in [1.165, 1.54) is 18.9 Å². The molecule has 3 rings (SSSR count). The molecule has 110 valence electrons. The summed E-state index contributed by atoms with van der Waals surface area (Å²) in [5.41, 5.74) is 1.26. The Morgan fingerprint density at radius 2 is 1.80 bits per heavy atom. The fourth-order valence-corrected chi connectivity index (χ4v) is 4.07. The predicted molar refractivity (Wildman–Crippen MR) is 78.1 cm³/mol. The van der Waals surface area contributed by atoms with Gasteiger partial charge < -0.3 is 5.11 Å². The van der Waals surface area contributed by atoms with Gasteiger partial charge in [-0.25, -0.2) is 4.39 Å². The zero-order valence-corrected chi connectivity index (χ0v) is 12.2. The van der Waals surface area contributed by atoms with E-state index in [0.29, 0.717) is 5.56 Å². The molecule has 0 amide bonds. The molecule has 1 unspecified atom stereocenters. The van der Waals surface area contributed by atoms with Crippen LogP contribution in [0.3, 0.4) is 0 Å². The van der Waals surface area contributed by atoms with Gasteiger partial charge in [-0.3, -0.25) is 4.90 Å². The molecule has 0 bridgehead atoms. The lowest BCUT2D eigenvalue weighted by Crippen LogP contribution is -2.50. The second kappa shape index (κ2) is 5.45. The van der Waals surface area contributed by atoms with Crippen LogP contribution >= 0.6 is 0 Å². The minimum Gasteiger partial charge on any atom is -0.386 e. The third-order valence-electron chi connectivity index (χ3n) is 5.16. The Hall–Kier alpha value is -0.930. The van der Waals surface area contributed by atoms with Crippen molar-refractivity contribution in [1.82, 2.24) is 4.90 Å². The topological polar surface area (TPSA) is 23.5 Å². The third kappa shape index (κ3) is 2.27. The van der Waals surface area contributed by atoms with Crippen LogP contribution in [0.5, 0.6) is 0 Å². The Bertz CT molecular complexity index is 476. The van der Waals surface area contributed by atoms with Crippen LogP contribution in [-0.2, 0) is 0 Å². The summed E-state index contributed by atoms with van der Waals surface area (Å²) in [5.74, 6) is -0.270. The van der Waals surface area contributed by atoms with E-state index >= 15 is 0 Å². The number of benzene rings is 1. The van der Waals surface area contributed by atoms with Crippen molar-refractivity contribution in [1.29, 1.82) is 0 Å². The lowest BCUT2D eigenvalue weighted by atomic mass is 9.83. The van der Waals surface area contributed by atoms with Crippen molar-refractivity contribution in [2.24, 2.45) is 0 Å². The molecule has 3 heteroatoms. The summed E-state index contributed by atoms with van der Waals surface area (Å²) in [6.45, 7) is 4.04.